The third-order valence-corrected chi connectivity index (χ3v) is 9.33. The molecule has 6 rings (SSSR count). The molecule has 0 fully saturated rings. The van der Waals surface area contributed by atoms with Crippen LogP contribution >= 0.6 is 0 Å². The molecule has 4 aromatic rings. The fourth-order valence-electron chi connectivity index (χ4n) is 7.35. The van der Waals surface area contributed by atoms with Crippen molar-refractivity contribution in [3.05, 3.63) is 48.5 Å². The van der Waals surface area contributed by atoms with Gasteiger partial charge in [-0.15, -0.1) is 20.5 Å². The van der Waals surface area contributed by atoms with E-state index in [4.69, 9.17) is 37.3 Å². The fraction of sp³-hybridized carbons (Fsp3) is 0.444. The average molecular weight is 798 g/mol. The Hall–Kier alpha value is -3.62. The van der Waals surface area contributed by atoms with Crippen molar-refractivity contribution in [2.24, 2.45) is 0 Å². The number of anilines is 6. The van der Waals surface area contributed by atoms with Crippen LogP contribution in [0.15, 0.2) is 48.5 Å². The molecule has 0 saturated heterocycles. The second kappa shape index (κ2) is 16.2. The first-order valence-corrected chi connectivity index (χ1v) is 19.2. The third-order valence-electron chi connectivity index (χ3n) is 9.33. The molecule has 0 amide bonds. The summed E-state index contributed by atoms with van der Waals surface area (Å²) >= 11 is 0. The van der Waals surface area contributed by atoms with E-state index in [2.05, 4.69) is 177 Å². The highest BCUT2D eigenvalue weighted by Crippen LogP contribution is 2.49. The number of hydrogen-bond donors (Lipinski definition) is 0. The normalized spacial score (nSPS) is 15.3. The Morgan fingerprint density at radius 1 is 0.426 bits per heavy atom. The molecule has 0 aromatic heterocycles. The molecule has 0 aliphatic carbocycles. The molecule has 2 heterocycles. The Labute approximate surface area is 322 Å². The van der Waals surface area contributed by atoms with Gasteiger partial charge in [0.2, 0.25) is 0 Å². The lowest BCUT2D eigenvalue weighted by molar-refractivity contribution is -2.00. The minimum absolute atomic E-state index is 0.880. The van der Waals surface area contributed by atoms with Crippen LogP contribution in [0.3, 0.4) is 0 Å². The Morgan fingerprint density at radius 3 is 0.870 bits per heavy atom. The lowest BCUT2D eigenvalue weighted by Crippen LogP contribution is -2.68. The number of quaternary nitrogens is 2. The van der Waals surface area contributed by atoms with Crippen LogP contribution in [0.4, 0.5) is 45.5 Å². The van der Waals surface area contributed by atoms with E-state index in [-0.39, 0.29) is 0 Å². The van der Waals surface area contributed by atoms with Crippen LogP contribution in [0.1, 0.15) is 0 Å². The monoisotopic (exact) mass is 796 g/mol. The summed E-state index contributed by atoms with van der Waals surface area (Å²) in [5, 5.41) is 5.47. The van der Waals surface area contributed by atoms with E-state index < -0.39 is 20.5 Å². The molecule has 0 unspecified atom stereocenters. The summed E-state index contributed by atoms with van der Waals surface area (Å²) in [7, 11) is 20.6. The molecule has 4 aromatic carbocycles. The number of nitrogens with zero attached hydrogens (tertiary/aromatic N) is 8. The zero-order valence-electron chi connectivity index (χ0n) is 33.6. The van der Waals surface area contributed by atoms with Gasteiger partial charge in [0.15, 0.2) is 13.3 Å². The molecule has 0 spiro atoms. The minimum Gasteiger partial charge on any atom is -0.377 e. The molecule has 16 nitrogen and oxygen atoms in total. The first kappa shape index (κ1) is 44.8. The smallest absolute Gasteiger partial charge is 0.158 e. The molecule has 54 heavy (non-hydrogen) atoms. The lowest BCUT2D eigenvalue weighted by atomic mass is 9.98. The number of halogens is 2. The van der Waals surface area contributed by atoms with Gasteiger partial charge < -0.3 is 29.4 Å². The Balaban J connectivity index is 0.000000233. The van der Waals surface area contributed by atoms with Gasteiger partial charge in [0.25, 0.3) is 0 Å². The van der Waals surface area contributed by atoms with Crippen molar-refractivity contribution in [3.8, 4) is 0 Å². The van der Waals surface area contributed by atoms with E-state index in [9.17, 15) is 0 Å². The van der Waals surface area contributed by atoms with Crippen molar-refractivity contribution in [2.45, 2.75) is 0 Å². The quantitative estimate of drug-likeness (QED) is 0.183. The van der Waals surface area contributed by atoms with Gasteiger partial charge in [-0.05, 0) is 36.4 Å². The van der Waals surface area contributed by atoms with Crippen molar-refractivity contribution < 1.29 is 57.8 Å². The second-order valence-corrected chi connectivity index (χ2v) is 16.8. The summed E-state index contributed by atoms with van der Waals surface area (Å²) in [5.74, 6) is 0. The minimum atomic E-state index is -4.94. The maximum absolute atomic E-state index is 8.49. The maximum Gasteiger partial charge on any atom is 0.158 e. The van der Waals surface area contributed by atoms with Gasteiger partial charge >= 0.3 is 0 Å². The van der Waals surface area contributed by atoms with E-state index in [1.807, 2.05) is 0 Å². The zero-order valence-corrected chi connectivity index (χ0v) is 35.1. The van der Waals surface area contributed by atoms with E-state index in [1.165, 1.54) is 67.0 Å². The predicted octanol–water partition coefficient (Wildman–Crippen LogP) is -3.62. The van der Waals surface area contributed by atoms with Crippen molar-refractivity contribution in [2.75, 3.05) is 141 Å². The van der Waals surface area contributed by atoms with Crippen molar-refractivity contribution in [1.29, 1.82) is 0 Å². The molecule has 0 atom stereocenters. The summed E-state index contributed by atoms with van der Waals surface area (Å²) in [5.41, 5.74) is 10.6. The standard InChI is InChI=1S/2C18H27N4.2ClHO4/c2*1-19(2)13-8-9-15-18-16(22(6,7)12-21(15)5)11-10-14(17(13)18)20(3)4;2*2-1(3,4)5/h2*8-11H,12H2,1-7H3;2*(H,2,3,4,5)/q2*+1;;/p-2. The summed E-state index contributed by atoms with van der Waals surface area (Å²) in [4.78, 5) is 13.6. The van der Waals surface area contributed by atoms with Crippen LogP contribution in [0.2, 0.25) is 0 Å². The van der Waals surface area contributed by atoms with Gasteiger partial charge in [0, 0.05) is 116 Å². The van der Waals surface area contributed by atoms with Crippen LogP contribution in [0, 0.1) is 20.5 Å². The topological polar surface area (TPSA) is 204 Å². The third kappa shape index (κ3) is 10.4. The summed E-state index contributed by atoms with van der Waals surface area (Å²) in [6.45, 7) is 1.98. The van der Waals surface area contributed by atoms with Gasteiger partial charge in [-0.3, -0.25) is 8.97 Å². The molecule has 0 saturated carbocycles. The Morgan fingerprint density at radius 2 is 0.648 bits per heavy atom. The average Bonchev–Trinajstić information content (AvgIpc) is 2.99. The summed E-state index contributed by atoms with van der Waals surface area (Å²) in [6, 6.07) is 18.1. The second-order valence-electron chi connectivity index (χ2n) is 15.3. The zero-order chi connectivity index (χ0) is 41.5. The van der Waals surface area contributed by atoms with Gasteiger partial charge in [0.1, 0.15) is 11.4 Å². The van der Waals surface area contributed by atoms with Gasteiger partial charge in [-0.25, -0.2) is 37.3 Å². The highest BCUT2D eigenvalue weighted by Gasteiger charge is 2.34. The molecule has 300 valence electrons. The van der Waals surface area contributed by atoms with E-state index in [0.29, 0.717) is 0 Å². The van der Waals surface area contributed by atoms with Crippen LogP contribution < -0.4 is 75.6 Å². The fourth-order valence-corrected chi connectivity index (χ4v) is 7.35. The molecule has 2 aliphatic heterocycles. The largest absolute Gasteiger partial charge is 0.377 e. The van der Waals surface area contributed by atoms with Crippen molar-refractivity contribution in [1.82, 2.24) is 8.97 Å². The number of hydrogen-bond acceptors (Lipinski definition) is 14. The van der Waals surface area contributed by atoms with E-state index in [1.54, 1.807) is 0 Å². The Kier molecular flexibility index (Phi) is 13.5. The first-order chi connectivity index (χ1) is 24.5. The Bertz CT molecular complexity index is 1730. The summed E-state index contributed by atoms with van der Waals surface area (Å²) in [6.07, 6.45) is 0. The van der Waals surface area contributed by atoms with Gasteiger partial charge in [-0.2, -0.15) is 0 Å². The lowest BCUT2D eigenvalue weighted by Gasteiger charge is -2.41. The molecule has 0 N–H and O–H groups in total. The highest BCUT2D eigenvalue weighted by molar-refractivity contribution is 6.16. The molecule has 0 radical (unpaired) electrons. The maximum atomic E-state index is 8.49. The SMILES string of the molecule is CN(C)c1ccc2c3c(ccc(N(C)C)c13)[N+](C)(C)CN2C.CN(C)c1ccc2c3c(ccc(N(C)C)c13)[N+](C)(C)CN2C.[O-][Cl+3]([O-])([O-])[O-].[O-][Cl+3]([O-])([O-])[O-]. The van der Waals surface area contributed by atoms with E-state index in [0.717, 1.165) is 22.3 Å². The van der Waals surface area contributed by atoms with Crippen molar-refractivity contribution in [3.63, 3.8) is 0 Å². The van der Waals surface area contributed by atoms with Crippen LogP contribution in [-0.2, 0) is 0 Å². The van der Waals surface area contributed by atoms with Crippen molar-refractivity contribution >= 4 is 67.0 Å². The number of benzene rings is 4. The molecular formula is C36H54Cl2N8O8. The van der Waals surface area contributed by atoms with Crippen LogP contribution in [0.5, 0.6) is 0 Å². The van der Waals surface area contributed by atoms with E-state index >= 15 is 0 Å². The molecular weight excluding hydrogens is 743 g/mol. The van der Waals surface area contributed by atoms with Gasteiger partial charge in [0.05, 0.1) is 50.3 Å². The first-order valence-electron chi connectivity index (χ1n) is 16.7. The van der Waals surface area contributed by atoms with Crippen LogP contribution in [0.25, 0.3) is 21.5 Å². The highest BCUT2D eigenvalue weighted by atomic mass is 35.7. The number of rotatable bonds is 4. The van der Waals surface area contributed by atoms with Gasteiger partial charge in [-0.1, -0.05) is 0 Å². The molecule has 0 bridgehead atoms. The predicted molar refractivity (Wildman–Crippen MR) is 199 cm³/mol. The van der Waals surface area contributed by atoms with Crippen LogP contribution in [-0.4, -0.2) is 112 Å². The molecule has 2 aliphatic rings. The molecule has 18 heteroatoms. The summed E-state index contributed by atoms with van der Waals surface area (Å²) < 4.78 is 69.7.